The molecule has 0 saturated heterocycles. The Balaban J connectivity index is 1.92. The van der Waals surface area contributed by atoms with Gasteiger partial charge in [-0.3, -0.25) is 0 Å². The molecule has 1 saturated carbocycles. The van der Waals surface area contributed by atoms with E-state index in [0.717, 1.165) is 17.0 Å². The SMILES string of the molecule is CC12Cc3ccccc3OC1(c1cccs1)C2(Cl)Cl. The molecule has 2 atom stereocenters. The maximum Gasteiger partial charge on any atom is 0.185 e. The van der Waals surface area contributed by atoms with E-state index in [9.17, 15) is 0 Å². The molecule has 2 unspecified atom stereocenters. The number of ether oxygens (including phenoxy) is 1. The zero-order valence-electron chi connectivity index (χ0n) is 10.3. The van der Waals surface area contributed by atoms with Crippen molar-refractivity contribution in [1.29, 1.82) is 0 Å². The molecule has 0 radical (unpaired) electrons. The van der Waals surface area contributed by atoms with Gasteiger partial charge in [0.1, 0.15) is 5.75 Å². The molecule has 1 aromatic carbocycles. The first kappa shape index (κ1) is 12.1. The summed E-state index contributed by atoms with van der Waals surface area (Å²) in [6, 6.07) is 12.2. The Morgan fingerprint density at radius 3 is 2.68 bits per heavy atom. The molecular weight excluding hydrogens is 299 g/mol. The minimum absolute atomic E-state index is 0.275. The van der Waals surface area contributed by atoms with E-state index in [1.54, 1.807) is 11.3 Å². The van der Waals surface area contributed by atoms with Crippen molar-refractivity contribution in [3.8, 4) is 5.75 Å². The summed E-state index contributed by atoms with van der Waals surface area (Å²) in [6.07, 6.45) is 0.841. The van der Waals surface area contributed by atoms with E-state index in [0.29, 0.717) is 0 Å². The van der Waals surface area contributed by atoms with Crippen LogP contribution in [0.2, 0.25) is 0 Å². The van der Waals surface area contributed by atoms with Gasteiger partial charge in [0.05, 0.1) is 10.3 Å². The van der Waals surface area contributed by atoms with Gasteiger partial charge >= 0.3 is 0 Å². The number of halogens is 2. The summed E-state index contributed by atoms with van der Waals surface area (Å²) in [5.74, 6) is 0.900. The number of alkyl halides is 2. The van der Waals surface area contributed by atoms with Gasteiger partial charge in [-0.15, -0.1) is 11.3 Å². The van der Waals surface area contributed by atoms with E-state index in [4.69, 9.17) is 27.9 Å². The molecule has 4 rings (SSSR count). The summed E-state index contributed by atoms with van der Waals surface area (Å²) in [5.41, 5.74) is 0.300. The Bertz CT molecular complexity index is 652. The lowest BCUT2D eigenvalue weighted by Gasteiger charge is -2.29. The molecule has 1 fully saturated rings. The van der Waals surface area contributed by atoms with Crippen LogP contribution in [0.3, 0.4) is 0 Å². The van der Waals surface area contributed by atoms with Gasteiger partial charge in [-0.1, -0.05) is 54.4 Å². The average Bonchev–Trinajstić information content (AvgIpc) is 2.82. The van der Waals surface area contributed by atoms with Crippen LogP contribution in [-0.2, 0) is 12.0 Å². The van der Waals surface area contributed by atoms with Crippen molar-refractivity contribution in [3.63, 3.8) is 0 Å². The Labute approximate surface area is 126 Å². The summed E-state index contributed by atoms with van der Waals surface area (Å²) in [6.45, 7) is 2.11. The number of fused-ring (bicyclic) bond motifs is 2. The molecule has 1 nitrogen and oxygen atoms in total. The highest BCUT2D eigenvalue weighted by molar-refractivity contribution is 7.10. The molecule has 0 amide bonds. The molecule has 4 heteroatoms. The fourth-order valence-corrected chi connectivity index (χ4v) is 5.48. The van der Waals surface area contributed by atoms with Crippen molar-refractivity contribution >= 4 is 34.5 Å². The number of hydrogen-bond donors (Lipinski definition) is 0. The standard InChI is InChI=1S/C15H12Cl2OS/c1-13-9-10-5-2-3-6-11(10)18-14(13,15(13,16)17)12-7-4-8-19-12/h2-8H,9H2,1H3. The van der Waals surface area contributed by atoms with E-state index in [-0.39, 0.29) is 5.41 Å². The molecule has 1 aromatic heterocycles. The van der Waals surface area contributed by atoms with Crippen molar-refractivity contribution in [2.75, 3.05) is 0 Å². The zero-order chi connectivity index (χ0) is 13.3. The second-order valence-electron chi connectivity index (χ2n) is 5.45. The van der Waals surface area contributed by atoms with E-state index >= 15 is 0 Å². The third-order valence-electron chi connectivity index (χ3n) is 4.50. The minimum Gasteiger partial charge on any atom is -0.478 e. The van der Waals surface area contributed by atoms with Gasteiger partial charge in [-0.25, -0.2) is 0 Å². The van der Waals surface area contributed by atoms with Crippen LogP contribution in [0.15, 0.2) is 41.8 Å². The fourth-order valence-electron chi connectivity index (χ4n) is 3.31. The Hall–Kier alpha value is -0.700. The lowest BCUT2D eigenvalue weighted by atomic mass is 9.90. The second-order valence-corrected chi connectivity index (χ2v) is 7.73. The first-order valence-corrected chi connectivity index (χ1v) is 7.85. The molecule has 0 spiro atoms. The van der Waals surface area contributed by atoms with Gasteiger partial charge in [0.25, 0.3) is 0 Å². The van der Waals surface area contributed by atoms with Crippen LogP contribution in [0.5, 0.6) is 5.75 Å². The van der Waals surface area contributed by atoms with Gasteiger partial charge in [-0.2, -0.15) is 0 Å². The van der Waals surface area contributed by atoms with E-state index < -0.39 is 9.93 Å². The first-order valence-electron chi connectivity index (χ1n) is 6.22. The molecule has 2 aliphatic rings. The van der Waals surface area contributed by atoms with Gasteiger partial charge in [-0.05, 0) is 29.5 Å². The highest BCUT2D eigenvalue weighted by Gasteiger charge is 2.89. The van der Waals surface area contributed by atoms with Crippen molar-refractivity contribution in [2.24, 2.45) is 5.41 Å². The van der Waals surface area contributed by atoms with Crippen LogP contribution in [0, 0.1) is 5.41 Å². The van der Waals surface area contributed by atoms with Gasteiger partial charge in [0.15, 0.2) is 9.93 Å². The molecule has 0 bridgehead atoms. The van der Waals surface area contributed by atoms with Crippen LogP contribution in [0.1, 0.15) is 17.4 Å². The molecule has 2 aromatic rings. The van der Waals surface area contributed by atoms with Crippen LogP contribution in [0.4, 0.5) is 0 Å². The predicted octanol–water partition coefficient (Wildman–Crippen LogP) is 4.77. The lowest BCUT2D eigenvalue weighted by molar-refractivity contribution is 0.115. The molecule has 19 heavy (non-hydrogen) atoms. The highest BCUT2D eigenvalue weighted by Crippen LogP contribution is 2.81. The van der Waals surface area contributed by atoms with Crippen LogP contribution < -0.4 is 4.74 Å². The second kappa shape index (κ2) is 3.49. The normalized spacial score (nSPS) is 34.1. The van der Waals surface area contributed by atoms with E-state index in [2.05, 4.69) is 19.1 Å². The van der Waals surface area contributed by atoms with Gasteiger partial charge in [0.2, 0.25) is 0 Å². The topological polar surface area (TPSA) is 9.23 Å². The largest absolute Gasteiger partial charge is 0.478 e. The predicted molar refractivity (Wildman–Crippen MR) is 79.3 cm³/mol. The molecule has 1 aliphatic heterocycles. The number of rotatable bonds is 1. The number of benzene rings is 1. The summed E-state index contributed by atoms with van der Waals surface area (Å²) in [4.78, 5) is 1.11. The Morgan fingerprint density at radius 1 is 1.16 bits per heavy atom. The maximum atomic E-state index is 6.64. The minimum atomic E-state index is -0.885. The summed E-state index contributed by atoms with van der Waals surface area (Å²) in [7, 11) is 0. The van der Waals surface area contributed by atoms with Crippen molar-refractivity contribution in [1.82, 2.24) is 0 Å². The Kier molecular flexibility index (Phi) is 2.22. The number of para-hydroxylation sites is 1. The van der Waals surface area contributed by atoms with Crippen molar-refractivity contribution in [2.45, 2.75) is 23.3 Å². The van der Waals surface area contributed by atoms with E-state index in [1.165, 1.54) is 5.56 Å². The summed E-state index contributed by atoms with van der Waals surface area (Å²) in [5, 5.41) is 2.04. The summed E-state index contributed by atoms with van der Waals surface area (Å²) < 4.78 is 5.42. The average molecular weight is 311 g/mol. The molecule has 0 N–H and O–H groups in total. The fraction of sp³-hybridized carbons (Fsp3) is 0.333. The van der Waals surface area contributed by atoms with E-state index in [1.807, 2.05) is 29.6 Å². The summed E-state index contributed by atoms with van der Waals surface area (Å²) >= 11 is 14.9. The molecule has 2 heterocycles. The van der Waals surface area contributed by atoms with Crippen molar-refractivity contribution < 1.29 is 4.74 Å². The Morgan fingerprint density at radius 2 is 1.95 bits per heavy atom. The first-order chi connectivity index (χ1) is 9.03. The molecule has 98 valence electrons. The number of thiophene rings is 1. The zero-order valence-corrected chi connectivity index (χ0v) is 12.6. The third-order valence-corrected chi connectivity index (χ3v) is 6.83. The third kappa shape index (κ3) is 1.19. The van der Waals surface area contributed by atoms with Crippen LogP contribution >= 0.6 is 34.5 Å². The van der Waals surface area contributed by atoms with Gasteiger partial charge < -0.3 is 4.74 Å². The van der Waals surface area contributed by atoms with Crippen molar-refractivity contribution in [3.05, 3.63) is 52.2 Å². The van der Waals surface area contributed by atoms with Crippen LogP contribution in [-0.4, -0.2) is 4.33 Å². The highest BCUT2D eigenvalue weighted by atomic mass is 35.5. The van der Waals surface area contributed by atoms with Crippen LogP contribution in [0.25, 0.3) is 0 Å². The maximum absolute atomic E-state index is 6.64. The molecular formula is C15H12Cl2OS. The monoisotopic (exact) mass is 310 g/mol. The lowest BCUT2D eigenvalue weighted by Crippen LogP contribution is -2.29. The quantitative estimate of drug-likeness (QED) is 0.689. The smallest absolute Gasteiger partial charge is 0.185 e. The molecule has 1 aliphatic carbocycles. The number of hydrogen-bond acceptors (Lipinski definition) is 2. The van der Waals surface area contributed by atoms with Gasteiger partial charge in [0, 0.05) is 0 Å².